The lowest BCUT2D eigenvalue weighted by molar-refractivity contribution is -0.118. The summed E-state index contributed by atoms with van der Waals surface area (Å²) in [5.41, 5.74) is 8.16. The standard InChI is InChI=1S/C12H13N3O/c1-8-2-4-9(5-3-8)11(12(13)16)10-6-7-14-15-10/h2-7,11H,1H3,(H2,13,16)(H,14,15). The highest BCUT2D eigenvalue weighted by molar-refractivity contribution is 5.85. The molecule has 4 heteroatoms. The summed E-state index contributed by atoms with van der Waals surface area (Å²) >= 11 is 0. The van der Waals surface area contributed by atoms with Crippen molar-refractivity contribution in [2.24, 2.45) is 5.73 Å². The van der Waals surface area contributed by atoms with Gasteiger partial charge in [-0.25, -0.2) is 0 Å². The van der Waals surface area contributed by atoms with E-state index in [0.717, 1.165) is 16.8 Å². The number of primary amides is 1. The normalized spacial score (nSPS) is 12.3. The first-order valence-electron chi connectivity index (χ1n) is 5.03. The van der Waals surface area contributed by atoms with Crippen molar-refractivity contribution in [3.63, 3.8) is 0 Å². The number of amides is 1. The second-order valence-electron chi connectivity index (χ2n) is 3.76. The van der Waals surface area contributed by atoms with E-state index in [1.165, 1.54) is 0 Å². The molecule has 4 nitrogen and oxygen atoms in total. The van der Waals surface area contributed by atoms with Crippen LogP contribution in [0.1, 0.15) is 22.7 Å². The molecule has 0 radical (unpaired) electrons. The van der Waals surface area contributed by atoms with Gasteiger partial charge >= 0.3 is 0 Å². The predicted molar refractivity (Wildman–Crippen MR) is 60.8 cm³/mol. The van der Waals surface area contributed by atoms with Crippen LogP contribution in [0.15, 0.2) is 36.5 Å². The van der Waals surface area contributed by atoms with E-state index >= 15 is 0 Å². The van der Waals surface area contributed by atoms with Crippen LogP contribution < -0.4 is 5.73 Å². The number of aryl methyl sites for hydroxylation is 1. The fourth-order valence-corrected chi connectivity index (χ4v) is 1.68. The second-order valence-corrected chi connectivity index (χ2v) is 3.76. The van der Waals surface area contributed by atoms with Gasteiger partial charge in [-0.1, -0.05) is 29.8 Å². The van der Waals surface area contributed by atoms with Gasteiger partial charge in [0, 0.05) is 6.20 Å². The summed E-state index contributed by atoms with van der Waals surface area (Å²) < 4.78 is 0. The van der Waals surface area contributed by atoms with Crippen molar-refractivity contribution in [1.29, 1.82) is 0 Å². The van der Waals surface area contributed by atoms with Crippen molar-refractivity contribution in [2.75, 3.05) is 0 Å². The van der Waals surface area contributed by atoms with E-state index < -0.39 is 5.92 Å². The van der Waals surface area contributed by atoms with Gasteiger partial charge in [0.05, 0.1) is 5.69 Å². The van der Waals surface area contributed by atoms with Gasteiger partial charge in [0.1, 0.15) is 5.92 Å². The third kappa shape index (κ3) is 1.95. The number of aromatic amines is 1. The van der Waals surface area contributed by atoms with Crippen molar-refractivity contribution in [3.8, 4) is 0 Å². The number of nitrogens with two attached hydrogens (primary N) is 1. The molecule has 0 aliphatic rings. The Labute approximate surface area is 93.5 Å². The number of benzene rings is 1. The lowest BCUT2D eigenvalue weighted by Gasteiger charge is -2.11. The molecular weight excluding hydrogens is 202 g/mol. The molecule has 1 aromatic carbocycles. The first kappa shape index (κ1) is 10.4. The van der Waals surface area contributed by atoms with Crippen molar-refractivity contribution < 1.29 is 4.79 Å². The molecule has 0 saturated carbocycles. The zero-order chi connectivity index (χ0) is 11.5. The monoisotopic (exact) mass is 215 g/mol. The minimum absolute atomic E-state index is 0.381. The van der Waals surface area contributed by atoms with Crippen LogP contribution in [0.4, 0.5) is 0 Å². The summed E-state index contributed by atoms with van der Waals surface area (Å²) in [6, 6.07) is 9.50. The average molecular weight is 215 g/mol. The number of carbonyl (C=O) groups excluding carboxylic acids is 1. The number of aromatic nitrogens is 2. The quantitative estimate of drug-likeness (QED) is 0.810. The number of carbonyl (C=O) groups is 1. The molecule has 1 amide bonds. The van der Waals surface area contributed by atoms with Crippen molar-refractivity contribution in [1.82, 2.24) is 10.2 Å². The molecule has 3 N–H and O–H groups in total. The van der Waals surface area contributed by atoms with Gasteiger partial charge in [-0.05, 0) is 18.6 Å². The number of rotatable bonds is 3. The van der Waals surface area contributed by atoms with Crippen molar-refractivity contribution in [2.45, 2.75) is 12.8 Å². The lowest BCUT2D eigenvalue weighted by Crippen LogP contribution is -2.22. The summed E-state index contributed by atoms with van der Waals surface area (Å²) in [4.78, 5) is 11.5. The van der Waals surface area contributed by atoms with E-state index in [1.807, 2.05) is 31.2 Å². The van der Waals surface area contributed by atoms with Crippen molar-refractivity contribution >= 4 is 5.91 Å². The molecule has 0 spiro atoms. The molecule has 0 aliphatic heterocycles. The van der Waals surface area contributed by atoms with E-state index in [0.29, 0.717) is 0 Å². The van der Waals surface area contributed by atoms with Crippen LogP contribution in [-0.2, 0) is 4.79 Å². The van der Waals surface area contributed by atoms with Gasteiger partial charge in [0.15, 0.2) is 0 Å². The van der Waals surface area contributed by atoms with E-state index in [2.05, 4.69) is 10.2 Å². The van der Waals surface area contributed by atoms with Crippen LogP contribution in [-0.4, -0.2) is 16.1 Å². The van der Waals surface area contributed by atoms with Gasteiger partial charge in [-0.15, -0.1) is 0 Å². The fraction of sp³-hybridized carbons (Fsp3) is 0.167. The highest BCUT2D eigenvalue weighted by Gasteiger charge is 2.20. The summed E-state index contributed by atoms with van der Waals surface area (Å²) in [6.45, 7) is 2.00. The van der Waals surface area contributed by atoms with Crippen LogP contribution in [0.3, 0.4) is 0 Å². The lowest BCUT2D eigenvalue weighted by atomic mass is 9.94. The van der Waals surface area contributed by atoms with Gasteiger partial charge in [-0.2, -0.15) is 5.10 Å². The highest BCUT2D eigenvalue weighted by atomic mass is 16.1. The topological polar surface area (TPSA) is 71.8 Å². The Hall–Kier alpha value is -2.10. The van der Waals surface area contributed by atoms with E-state index in [4.69, 9.17) is 5.73 Å². The molecule has 16 heavy (non-hydrogen) atoms. The van der Waals surface area contributed by atoms with E-state index in [-0.39, 0.29) is 5.91 Å². The second kappa shape index (κ2) is 4.18. The maximum absolute atomic E-state index is 11.5. The largest absolute Gasteiger partial charge is 0.369 e. The van der Waals surface area contributed by atoms with E-state index in [1.54, 1.807) is 12.3 Å². The smallest absolute Gasteiger partial charge is 0.231 e. The number of nitrogens with zero attached hydrogens (tertiary/aromatic N) is 1. The molecule has 0 saturated heterocycles. The molecule has 0 aliphatic carbocycles. The Morgan fingerprint density at radius 3 is 2.50 bits per heavy atom. The summed E-state index contributed by atoms with van der Waals surface area (Å²) in [5, 5.41) is 6.62. The summed E-state index contributed by atoms with van der Waals surface area (Å²) in [7, 11) is 0. The predicted octanol–water partition coefficient (Wildman–Crippen LogP) is 1.34. The molecule has 1 atom stereocenters. The maximum atomic E-state index is 11.5. The zero-order valence-electron chi connectivity index (χ0n) is 8.97. The first-order valence-corrected chi connectivity index (χ1v) is 5.03. The van der Waals surface area contributed by atoms with Crippen molar-refractivity contribution in [3.05, 3.63) is 53.3 Å². The van der Waals surface area contributed by atoms with Gasteiger partial charge in [0.2, 0.25) is 5.91 Å². The zero-order valence-corrected chi connectivity index (χ0v) is 8.97. The van der Waals surface area contributed by atoms with E-state index in [9.17, 15) is 4.79 Å². The Morgan fingerprint density at radius 2 is 2.00 bits per heavy atom. The molecule has 1 heterocycles. The third-order valence-electron chi connectivity index (χ3n) is 2.53. The van der Waals surface area contributed by atoms with Crippen LogP contribution in [0.25, 0.3) is 0 Å². The first-order chi connectivity index (χ1) is 7.68. The van der Waals surface area contributed by atoms with Gasteiger partial charge in [-0.3, -0.25) is 9.89 Å². The van der Waals surface area contributed by atoms with Gasteiger partial charge in [0.25, 0.3) is 0 Å². The molecule has 1 aromatic heterocycles. The molecule has 2 aromatic rings. The SMILES string of the molecule is Cc1ccc(C(C(N)=O)c2ccn[nH]2)cc1. The number of hydrogen-bond acceptors (Lipinski definition) is 2. The summed E-state index contributed by atoms with van der Waals surface area (Å²) in [5.74, 6) is -0.837. The Kier molecular flexibility index (Phi) is 2.72. The van der Waals surface area contributed by atoms with Crippen LogP contribution in [0.5, 0.6) is 0 Å². The molecule has 2 rings (SSSR count). The Bertz CT molecular complexity index is 473. The minimum atomic E-state index is -0.455. The van der Waals surface area contributed by atoms with Crippen LogP contribution in [0.2, 0.25) is 0 Å². The minimum Gasteiger partial charge on any atom is -0.369 e. The Balaban J connectivity index is 2.41. The number of nitrogens with one attached hydrogen (secondary N) is 1. The maximum Gasteiger partial charge on any atom is 0.231 e. The molecule has 0 fully saturated rings. The number of H-pyrrole nitrogens is 1. The molecule has 82 valence electrons. The van der Waals surface area contributed by atoms with Gasteiger partial charge < -0.3 is 5.73 Å². The molecule has 0 bridgehead atoms. The fourth-order valence-electron chi connectivity index (χ4n) is 1.68. The van der Waals surface area contributed by atoms with Crippen LogP contribution in [0, 0.1) is 6.92 Å². The summed E-state index contributed by atoms with van der Waals surface area (Å²) in [6.07, 6.45) is 1.61. The molecular formula is C12H13N3O. The highest BCUT2D eigenvalue weighted by Crippen LogP contribution is 2.22. The Morgan fingerprint density at radius 1 is 1.31 bits per heavy atom. The third-order valence-corrected chi connectivity index (χ3v) is 2.53. The van der Waals surface area contributed by atoms with Crippen LogP contribution >= 0.6 is 0 Å². The average Bonchev–Trinajstić information content (AvgIpc) is 2.74. The number of hydrogen-bond donors (Lipinski definition) is 2. The molecule has 1 unspecified atom stereocenters.